The van der Waals surface area contributed by atoms with Crippen LogP contribution in [-0.4, -0.2) is 35.1 Å². The number of benzene rings is 3. The molecule has 7 nitrogen and oxygen atoms in total. The number of anilines is 2. The van der Waals surface area contributed by atoms with E-state index in [-0.39, 0.29) is 31.1 Å². The maximum atomic E-state index is 12.8. The van der Waals surface area contributed by atoms with Gasteiger partial charge in [0.1, 0.15) is 0 Å². The fourth-order valence-corrected chi connectivity index (χ4v) is 3.26. The van der Waals surface area contributed by atoms with E-state index >= 15 is 0 Å². The number of aliphatic hydroxyl groups excluding tert-OH is 1. The van der Waals surface area contributed by atoms with Crippen molar-refractivity contribution in [2.75, 3.05) is 24.2 Å². The van der Waals surface area contributed by atoms with E-state index in [9.17, 15) is 14.7 Å². The molecule has 3 rings (SSSR count). The Kier molecular flexibility index (Phi) is 7.83. The lowest BCUT2D eigenvalue weighted by Crippen LogP contribution is -2.42. The Bertz CT molecular complexity index is 1040. The molecule has 0 aliphatic rings. The highest BCUT2D eigenvalue weighted by Crippen LogP contribution is 2.18. The summed E-state index contributed by atoms with van der Waals surface area (Å²) in [5.74, 6) is -0.268. The number of para-hydroxylation sites is 2. The summed E-state index contributed by atoms with van der Waals surface area (Å²) in [7, 11) is 0. The molecule has 3 amide bonds. The van der Waals surface area contributed by atoms with Crippen LogP contribution in [0.15, 0.2) is 78.9 Å². The summed E-state index contributed by atoms with van der Waals surface area (Å²) in [6.07, 6.45) is 0. The molecule has 32 heavy (non-hydrogen) atoms. The van der Waals surface area contributed by atoms with Gasteiger partial charge in [0.2, 0.25) is 0 Å². The van der Waals surface area contributed by atoms with E-state index in [2.05, 4.69) is 10.6 Å². The number of hydrogen-bond acceptors (Lipinski definition) is 4. The van der Waals surface area contributed by atoms with Crippen LogP contribution in [0.2, 0.25) is 0 Å². The van der Waals surface area contributed by atoms with Crippen LogP contribution in [0.4, 0.5) is 16.2 Å². The fourth-order valence-electron chi connectivity index (χ4n) is 3.26. The normalized spacial score (nSPS) is 11.4. The van der Waals surface area contributed by atoms with Crippen molar-refractivity contribution in [3.05, 3.63) is 95.6 Å². The highest BCUT2D eigenvalue weighted by molar-refractivity contribution is 6.05. The second-order valence-electron chi connectivity index (χ2n) is 7.47. The Hall–Kier alpha value is -3.84. The highest BCUT2D eigenvalue weighted by Gasteiger charge is 2.17. The van der Waals surface area contributed by atoms with Gasteiger partial charge in [0, 0.05) is 18.7 Å². The average Bonchev–Trinajstić information content (AvgIpc) is 2.81. The summed E-state index contributed by atoms with van der Waals surface area (Å²) in [6, 6.07) is 23.3. The molecule has 1 unspecified atom stereocenters. The number of aliphatic hydroxyl groups is 1. The summed E-state index contributed by atoms with van der Waals surface area (Å²) < 4.78 is 0. The maximum absolute atomic E-state index is 12.8. The number of carbonyl (C=O) groups is 2. The lowest BCUT2D eigenvalue weighted by Gasteiger charge is -2.25. The molecule has 0 radical (unpaired) electrons. The first kappa shape index (κ1) is 22.8. The molecule has 0 aliphatic heterocycles. The number of nitrogens with zero attached hydrogens (tertiary/aromatic N) is 1. The lowest BCUT2D eigenvalue weighted by atomic mass is 10.1. The van der Waals surface area contributed by atoms with Crippen molar-refractivity contribution >= 4 is 23.3 Å². The van der Waals surface area contributed by atoms with E-state index in [4.69, 9.17) is 5.73 Å². The van der Waals surface area contributed by atoms with Crippen molar-refractivity contribution in [2.24, 2.45) is 0 Å². The summed E-state index contributed by atoms with van der Waals surface area (Å²) in [4.78, 5) is 26.8. The highest BCUT2D eigenvalue weighted by atomic mass is 16.3. The number of hydrogen-bond donors (Lipinski definition) is 4. The molecule has 5 N–H and O–H groups in total. The third kappa shape index (κ3) is 6.09. The molecule has 0 bridgehead atoms. The Morgan fingerprint density at radius 1 is 0.969 bits per heavy atom. The van der Waals surface area contributed by atoms with Crippen LogP contribution in [0.1, 0.15) is 34.5 Å². The fraction of sp³-hybridized carbons (Fsp3) is 0.200. The maximum Gasteiger partial charge on any atom is 0.318 e. The van der Waals surface area contributed by atoms with E-state index in [1.165, 1.54) is 0 Å². The van der Waals surface area contributed by atoms with E-state index in [0.29, 0.717) is 23.5 Å². The van der Waals surface area contributed by atoms with Crippen LogP contribution in [0.3, 0.4) is 0 Å². The minimum Gasteiger partial charge on any atom is -0.397 e. The topological polar surface area (TPSA) is 108 Å². The van der Waals surface area contributed by atoms with Gasteiger partial charge in [-0.3, -0.25) is 4.79 Å². The quantitative estimate of drug-likeness (QED) is 0.406. The van der Waals surface area contributed by atoms with Crippen LogP contribution in [0.25, 0.3) is 0 Å². The summed E-state index contributed by atoms with van der Waals surface area (Å²) in [5.41, 5.74) is 9.25. The molecule has 0 saturated heterocycles. The molecule has 7 heteroatoms. The Morgan fingerprint density at radius 3 is 2.28 bits per heavy atom. The van der Waals surface area contributed by atoms with Gasteiger partial charge in [-0.05, 0) is 42.3 Å². The SMILES string of the molecule is CC(NC(=O)N(CCO)Cc1ccc(C(=O)Nc2ccccc2N)cc1)c1ccccc1. The largest absolute Gasteiger partial charge is 0.397 e. The molecular weight excluding hydrogens is 404 g/mol. The van der Waals surface area contributed by atoms with Crippen LogP contribution in [0.5, 0.6) is 0 Å². The smallest absolute Gasteiger partial charge is 0.318 e. The molecule has 0 heterocycles. The number of nitrogens with one attached hydrogen (secondary N) is 2. The Morgan fingerprint density at radius 2 is 1.62 bits per heavy atom. The number of carbonyl (C=O) groups excluding carboxylic acids is 2. The number of nitrogen functional groups attached to an aromatic ring is 1. The number of rotatable bonds is 8. The molecular formula is C25H28N4O3. The van der Waals surface area contributed by atoms with Gasteiger partial charge in [-0.15, -0.1) is 0 Å². The van der Waals surface area contributed by atoms with Gasteiger partial charge in [-0.2, -0.15) is 0 Å². The van der Waals surface area contributed by atoms with Crippen molar-refractivity contribution < 1.29 is 14.7 Å². The minimum absolute atomic E-state index is 0.147. The third-order valence-electron chi connectivity index (χ3n) is 5.10. The first-order valence-corrected chi connectivity index (χ1v) is 10.4. The first-order chi connectivity index (χ1) is 15.5. The van der Waals surface area contributed by atoms with Crippen LogP contribution < -0.4 is 16.4 Å². The summed E-state index contributed by atoms with van der Waals surface area (Å²) in [5, 5.41) is 15.2. The van der Waals surface area contributed by atoms with Gasteiger partial charge < -0.3 is 26.4 Å². The van der Waals surface area contributed by atoms with Gasteiger partial charge in [-0.25, -0.2) is 4.79 Å². The molecule has 0 spiro atoms. The van der Waals surface area contributed by atoms with Crippen molar-refractivity contribution in [3.8, 4) is 0 Å². The molecule has 0 fully saturated rings. The van der Waals surface area contributed by atoms with Gasteiger partial charge >= 0.3 is 6.03 Å². The van der Waals surface area contributed by atoms with Crippen LogP contribution >= 0.6 is 0 Å². The average molecular weight is 433 g/mol. The molecule has 166 valence electrons. The standard InChI is InChI=1S/C25H28N4O3/c1-18(20-7-3-2-4-8-20)27-25(32)29(15-16-30)17-19-11-13-21(14-12-19)24(31)28-23-10-6-5-9-22(23)26/h2-14,18,30H,15-17,26H2,1H3,(H,27,32)(H,28,31). The summed E-state index contributed by atoms with van der Waals surface area (Å²) >= 11 is 0. The molecule has 0 saturated carbocycles. The molecule has 3 aromatic rings. The number of nitrogens with two attached hydrogens (primary N) is 1. The first-order valence-electron chi connectivity index (χ1n) is 10.4. The van der Waals surface area contributed by atoms with Crippen LogP contribution in [0, 0.1) is 0 Å². The molecule has 3 aromatic carbocycles. The zero-order valence-corrected chi connectivity index (χ0v) is 18.0. The second kappa shape index (κ2) is 11.0. The predicted molar refractivity (Wildman–Crippen MR) is 126 cm³/mol. The predicted octanol–water partition coefficient (Wildman–Crippen LogP) is 3.79. The van der Waals surface area contributed by atoms with Crippen LogP contribution in [-0.2, 0) is 6.54 Å². The van der Waals surface area contributed by atoms with E-state index in [0.717, 1.165) is 11.1 Å². The van der Waals surface area contributed by atoms with Gasteiger partial charge in [0.25, 0.3) is 5.91 Å². The van der Waals surface area contributed by atoms with Gasteiger partial charge in [0.05, 0.1) is 24.0 Å². The molecule has 1 atom stereocenters. The van der Waals surface area contributed by atoms with Crippen molar-refractivity contribution in [1.82, 2.24) is 10.2 Å². The van der Waals surface area contributed by atoms with Crippen molar-refractivity contribution in [3.63, 3.8) is 0 Å². The van der Waals surface area contributed by atoms with E-state index in [1.807, 2.05) is 37.3 Å². The summed E-state index contributed by atoms with van der Waals surface area (Å²) in [6.45, 7) is 2.27. The van der Waals surface area contributed by atoms with Crippen molar-refractivity contribution in [2.45, 2.75) is 19.5 Å². The monoisotopic (exact) mass is 432 g/mol. The zero-order valence-electron chi connectivity index (χ0n) is 18.0. The number of amides is 3. The minimum atomic E-state index is -0.268. The van der Waals surface area contributed by atoms with E-state index < -0.39 is 0 Å². The van der Waals surface area contributed by atoms with Crippen molar-refractivity contribution in [1.29, 1.82) is 0 Å². The molecule has 0 aliphatic carbocycles. The zero-order chi connectivity index (χ0) is 22.9. The Labute approximate surface area is 187 Å². The Balaban J connectivity index is 1.63. The van der Waals surface area contributed by atoms with E-state index in [1.54, 1.807) is 53.4 Å². The number of urea groups is 1. The second-order valence-corrected chi connectivity index (χ2v) is 7.47. The van der Waals surface area contributed by atoms with Gasteiger partial charge in [0.15, 0.2) is 0 Å². The molecule has 0 aromatic heterocycles. The third-order valence-corrected chi connectivity index (χ3v) is 5.10. The van der Waals surface area contributed by atoms with Gasteiger partial charge in [-0.1, -0.05) is 54.6 Å². The lowest BCUT2D eigenvalue weighted by molar-refractivity contribution is 0.102.